The van der Waals surface area contributed by atoms with E-state index in [9.17, 15) is 18.0 Å². The number of carbonyl (C=O) groups is 1. The second-order valence-electron chi connectivity index (χ2n) is 5.93. The highest BCUT2D eigenvalue weighted by atomic mass is 32.2. The number of aryl methyl sites for hydroxylation is 1. The first-order chi connectivity index (χ1) is 12.9. The van der Waals surface area contributed by atoms with Gasteiger partial charge in [0.2, 0.25) is 15.9 Å². The first kappa shape index (κ1) is 21.5. The van der Waals surface area contributed by atoms with Gasteiger partial charge in [0.15, 0.2) is 5.65 Å². The molecule has 0 saturated heterocycles. The number of amides is 1. The van der Waals surface area contributed by atoms with Crippen LogP contribution in [0.4, 0.5) is 0 Å². The molecule has 11 heteroatoms. The third-order valence-corrected chi connectivity index (χ3v) is 6.01. The summed E-state index contributed by atoms with van der Waals surface area (Å²) < 4.78 is 28.8. The lowest BCUT2D eigenvalue weighted by atomic mass is 10.2. The minimum Gasteiger partial charge on any atom is -0.355 e. The number of hydrogen-bond acceptors (Lipinski definition) is 6. The van der Waals surface area contributed by atoms with Crippen LogP contribution in [0.3, 0.4) is 0 Å². The lowest BCUT2D eigenvalue weighted by Gasteiger charge is -2.17. The topological polar surface area (TPSA) is 115 Å². The number of nitrogens with one attached hydrogen (secondary N) is 2. The Morgan fingerprint density at radius 1 is 1.37 bits per heavy atom. The number of thioether (sulfide) groups is 1. The molecule has 0 fully saturated rings. The van der Waals surface area contributed by atoms with Gasteiger partial charge in [-0.3, -0.25) is 9.20 Å². The predicted octanol–water partition coefficient (Wildman–Crippen LogP) is 0.0633. The maximum absolute atomic E-state index is 12.3. The number of aromatic nitrogens is 3. The summed E-state index contributed by atoms with van der Waals surface area (Å²) in [5.41, 5.74) is 0.336. The molecule has 150 valence electrons. The highest BCUT2D eigenvalue weighted by Gasteiger charge is 2.22. The summed E-state index contributed by atoms with van der Waals surface area (Å²) in [7, 11) is -3.47. The van der Waals surface area contributed by atoms with E-state index in [0.717, 1.165) is 0 Å². The van der Waals surface area contributed by atoms with E-state index in [2.05, 4.69) is 15.1 Å². The standard InChI is InChI=1S/C16H25N5O4S2/c1-3-27(24,25)19-13(8-12-26-2)15(22)17-9-6-11-21-16(23)20-10-5-4-7-14(20)18-21/h4-5,7,10,13,19H,3,6,8-9,11-12H2,1-2H3,(H,17,22). The van der Waals surface area contributed by atoms with Gasteiger partial charge in [-0.25, -0.2) is 22.6 Å². The Bertz CT molecular complexity index is 922. The van der Waals surface area contributed by atoms with Crippen molar-refractivity contribution in [2.75, 3.05) is 24.3 Å². The number of rotatable bonds is 11. The summed E-state index contributed by atoms with van der Waals surface area (Å²) in [5.74, 6) is 0.233. The Morgan fingerprint density at radius 3 is 2.81 bits per heavy atom. The maximum atomic E-state index is 12.3. The van der Waals surface area contributed by atoms with Gasteiger partial charge in [0, 0.05) is 19.3 Å². The van der Waals surface area contributed by atoms with Crippen molar-refractivity contribution in [2.24, 2.45) is 0 Å². The lowest BCUT2D eigenvalue weighted by Crippen LogP contribution is -2.47. The third kappa shape index (κ3) is 6.08. The van der Waals surface area contributed by atoms with Gasteiger partial charge in [0.25, 0.3) is 0 Å². The van der Waals surface area contributed by atoms with Crippen molar-refractivity contribution in [3.63, 3.8) is 0 Å². The van der Waals surface area contributed by atoms with Gasteiger partial charge in [-0.2, -0.15) is 11.8 Å². The van der Waals surface area contributed by atoms with Crippen molar-refractivity contribution in [3.05, 3.63) is 34.9 Å². The van der Waals surface area contributed by atoms with E-state index in [4.69, 9.17) is 0 Å². The molecule has 2 heterocycles. The normalized spacial score (nSPS) is 13.0. The molecule has 0 aliphatic carbocycles. The van der Waals surface area contributed by atoms with Crippen molar-refractivity contribution >= 4 is 33.3 Å². The molecular weight excluding hydrogens is 390 g/mol. The van der Waals surface area contributed by atoms with Crippen molar-refractivity contribution < 1.29 is 13.2 Å². The first-order valence-corrected chi connectivity index (χ1v) is 11.7. The molecule has 0 spiro atoms. The molecule has 2 rings (SSSR count). The molecule has 0 saturated carbocycles. The fraction of sp³-hybridized carbons (Fsp3) is 0.562. The van der Waals surface area contributed by atoms with E-state index in [1.807, 2.05) is 6.26 Å². The van der Waals surface area contributed by atoms with Gasteiger partial charge < -0.3 is 5.32 Å². The number of hydrogen-bond donors (Lipinski definition) is 2. The molecule has 1 amide bonds. The van der Waals surface area contributed by atoms with Crippen LogP contribution in [0.15, 0.2) is 29.2 Å². The van der Waals surface area contributed by atoms with Gasteiger partial charge in [0.1, 0.15) is 6.04 Å². The monoisotopic (exact) mass is 415 g/mol. The molecule has 0 radical (unpaired) electrons. The number of fused-ring (bicyclic) bond motifs is 1. The second kappa shape index (κ2) is 9.90. The molecule has 1 unspecified atom stereocenters. The van der Waals surface area contributed by atoms with Crippen LogP contribution in [0, 0.1) is 0 Å². The summed E-state index contributed by atoms with van der Waals surface area (Å²) in [4.78, 5) is 24.5. The van der Waals surface area contributed by atoms with Crippen LogP contribution in [0.2, 0.25) is 0 Å². The van der Waals surface area contributed by atoms with Gasteiger partial charge in [-0.15, -0.1) is 5.10 Å². The SMILES string of the molecule is CCS(=O)(=O)NC(CCSC)C(=O)NCCCn1nc2ccccn2c1=O. The molecule has 9 nitrogen and oxygen atoms in total. The first-order valence-electron chi connectivity index (χ1n) is 8.69. The number of sulfonamides is 1. The van der Waals surface area contributed by atoms with E-state index in [0.29, 0.717) is 37.3 Å². The Hall–Kier alpha value is -1.85. The van der Waals surface area contributed by atoms with Crippen molar-refractivity contribution in [1.29, 1.82) is 0 Å². The zero-order chi connectivity index (χ0) is 19.9. The van der Waals surface area contributed by atoms with E-state index < -0.39 is 16.1 Å². The summed E-state index contributed by atoms with van der Waals surface area (Å²) in [6.45, 7) is 2.21. The molecular formula is C16H25N5O4S2. The average Bonchev–Trinajstić information content (AvgIpc) is 2.98. The molecule has 2 aromatic rings. The average molecular weight is 416 g/mol. The number of nitrogens with zero attached hydrogens (tertiary/aromatic N) is 3. The van der Waals surface area contributed by atoms with Crippen LogP contribution in [-0.4, -0.2) is 58.9 Å². The number of carbonyl (C=O) groups excluding carboxylic acids is 1. The predicted molar refractivity (Wildman–Crippen MR) is 106 cm³/mol. The largest absolute Gasteiger partial charge is 0.355 e. The quantitative estimate of drug-likeness (QED) is 0.502. The molecule has 0 bridgehead atoms. The smallest absolute Gasteiger partial charge is 0.350 e. The maximum Gasteiger partial charge on any atom is 0.350 e. The fourth-order valence-electron chi connectivity index (χ4n) is 2.46. The van der Waals surface area contributed by atoms with Crippen LogP contribution in [0.25, 0.3) is 5.65 Å². The summed E-state index contributed by atoms with van der Waals surface area (Å²) in [5, 5.41) is 6.96. The molecule has 2 aromatic heterocycles. The van der Waals surface area contributed by atoms with Crippen LogP contribution in [0.1, 0.15) is 19.8 Å². The van der Waals surface area contributed by atoms with Crippen molar-refractivity contribution in [3.8, 4) is 0 Å². The Kier molecular flexibility index (Phi) is 7.87. The summed E-state index contributed by atoms with van der Waals surface area (Å²) >= 11 is 1.55. The van der Waals surface area contributed by atoms with E-state index in [-0.39, 0.29) is 17.3 Å². The zero-order valence-corrected chi connectivity index (χ0v) is 17.1. The summed E-state index contributed by atoms with van der Waals surface area (Å²) in [6.07, 6.45) is 4.47. The highest BCUT2D eigenvalue weighted by molar-refractivity contribution is 7.98. The van der Waals surface area contributed by atoms with Gasteiger partial charge >= 0.3 is 5.69 Å². The minimum absolute atomic E-state index is 0.0765. The van der Waals surface area contributed by atoms with Crippen LogP contribution in [0.5, 0.6) is 0 Å². The zero-order valence-electron chi connectivity index (χ0n) is 15.4. The summed E-state index contributed by atoms with van der Waals surface area (Å²) in [6, 6.07) is 4.52. The molecule has 2 N–H and O–H groups in total. The van der Waals surface area contributed by atoms with Crippen molar-refractivity contribution in [1.82, 2.24) is 24.2 Å². The van der Waals surface area contributed by atoms with Crippen LogP contribution in [-0.2, 0) is 21.4 Å². The molecule has 0 aliphatic rings. The number of pyridine rings is 1. The van der Waals surface area contributed by atoms with E-state index >= 15 is 0 Å². The van der Waals surface area contributed by atoms with E-state index in [1.54, 1.807) is 36.2 Å². The third-order valence-electron chi connectivity index (χ3n) is 3.96. The minimum atomic E-state index is -3.47. The molecule has 27 heavy (non-hydrogen) atoms. The molecule has 0 aliphatic heterocycles. The Labute approximate surface area is 162 Å². The second-order valence-corrected chi connectivity index (χ2v) is 8.96. The molecule has 0 aromatic carbocycles. The lowest BCUT2D eigenvalue weighted by molar-refractivity contribution is -0.122. The molecule has 1 atom stereocenters. The Morgan fingerprint density at radius 2 is 2.15 bits per heavy atom. The van der Waals surface area contributed by atoms with Gasteiger partial charge in [0.05, 0.1) is 5.75 Å². The Balaban J connectivity index is 1.88. The van der Waals surface area contributed by atoms with Crippen LogP contribution >= 0.6 is 11.8 Å². The van der Waals surface area contributed by atoms with Gasteiger partial charge in [-0.05, 0) is 43.9 Å². The van der Waals surface area contributed by atoms with E-state index in [1.165, 1.54) is 16.0 Å². The highest BCUT2D eigenvalue weighted by Crippen LogP contribution is 2.03. The fourth-order valence-corrected chi connectivity index (χ4v) is 3.75. The van der Waals surface area contributed by atoms with Gasteiger partial charge in [-0.1, -0.05) is 6.07 Å². The van der Waals surface area contributed by atoms with Crippen molar-refractivity contribution in [2.45, 2.75) is 32.4 Å². The van der Waals surface area contributed by atoms with Crippen LogP contribution < -0.4 is 15.7 Å².